The summed E-state index contributed by atoms with van der Waals surface area (Å²) in [5.41, 5.74) is 0.549. The van der Waals surface area contributed by atoms with Gasteiger partial charge in [0.15, 0.2) is 0 Å². The van der Waals surface area contributed by atoms with E-state index in [2.05, 4.69) is 11.1 Å². The second kappa shape index (κ2) is 8.36. The molecule has 0 spiro atoms. The number of ether oxygens (including phenoxy) is 1. The number of methoxy groups -OCH3 is 1. The van der Waals surface area contributed by atoms with Crippen molar-refractivity contribution in [1.82, 2.24) is 4.57 Å². The molecule has 0 bridgehead atoms. The number of ketones is 1. The quantitative estimate of drug-likeness (QED) is 0.630. The van der Waals surface area contributed by atoms with E-state index in [1.807, 2.05) is 0 Å². The lowest BCUT2D eigenvalue weighted by atomic mass is 9.96. The number of carbonyl (C=O) groups excluding carboxylic acids is 1. The maximum absolute atomic E-state index is 14.0. The Balaban J connectivity index is 2.01. The molecule has 7 heteroatoms. The number of rotatable bonds is 5. The molecule has 0 fully saturated rings. The summed E-state index contributed by atoms with van der Waals surface area (Å²) in [5, 5.41) is 10.7. The molecule has 6 nitrogen and oxygen atoms in total. The third-order valence-corrected chi connectivity index (χ3v) is 5.15. The molecule has 2 heterocycles. The normalized spacial score (nSPS) is 13.0. The van der Waals surface area contributed by atoms with Crippen LogP contribution in [0.15, 0.2) is 64.0 Å². The van der Waals surface area contributed by atoms with Crippen molar-refractivity contribution in [2.24, 2.45) is 4.99 Å². The summed E-state index contributed by atoms with van der Waals surface area (Å²) < 4.78 is 20.4. The van der Waals surface area contributed by atoms with Gasteiger partial charge >= 0.3 is 0 Å². The van der Waals surface area contributed by atoms with Crippen LogP contribution in [0.5, 0.6) is 5.75 Å². The second-order valence-corrected chi connectivity index (χ2v) is 7.05. The number of fused-ring (bicyclic) bond motifs is 1. The molecule has 0 saturated heterocycles. The summed E-state index contributed by atoms with van der Waals surface area (Å²) in [6, 6.07) is 12.7. The van der Waals surface area contributed by atoms with Crippen LogP contribution in [-0.2, 0) is 11.3 Å². The third-order valence-electron chi connectivity index (χ3n) is 5.15. The lowest BCUT2D eigenvalue weighted by Gasteiger charge is -2.16. The van der Waals surface area contributed by atoms with Crippen molar-refractivity contribution in [3.05, 3.63) is 76.1 Å². The van der Waals surface area contributed by atoms with Gasteiger partial charge in [-0.2, -0.15) is 5.26 Å². The highest BCUT2D eigenvalue weighted by Gasteiger charge is 2.22. The summed E-state index contributed by atoms with van der Waals surface area (Å²) in [6.07, 6.45) is 4.82. The molecular weight excluding hydrogens is 397 g/mol. The second-order valence-electron chi connectivity index (χ2n) is 7.05. The van der Waals surface area contributed by atoms with E-state index in [0.29, 0.717) is 34.1 Å². The minimum Gasteiger partial charge on any atom is -0.497 e. The average Bonchev–Trinajstić information content (AvgIpc) is 2.80. The minimum atomic E-state index is -0.483. The summed E-state index contributed by atoms with van der Waals surface area (Å²) >= 11 is 0. The lowest BCUT2D eigenvalue weighted by molar-refractivity contribution is -0.116. The van der Waals surface area contributed by atoms with Crippen LogP contribution in [0.1, 0.15) is 18.5 Å². The Morgan fingerprint density at radius 1 is 1.23 bits per heavy atom. The number of nitrogens with zero attached hydrogens (tertiary/aromatic N) is 3. The zero-order chi connectivity index (χ0) is 22.0. The van der Waals surface area contributed by atoms with Crippen molar-refractivity contribution in [2.45, 2.75) is 19.4 Å². The number of halogens is 1. The topological polar surface area (TPSA) is 84.4 Å². The first-order chi connectivity index (χ1) is 15.0. The van der Waals surface area contributed by atoms with Crippen LogP contribution in [-0.4, -0.2) is 23.7 Å². The number of aliphatic imine (C=N–C) groups is 1. The van der Waals surface area contributed by atoms with Crippen LogP contribution in [0.25, 0.3) is 21.9 Å². The highest BCUT2D eigenvalue weighted by Crippen LogP contribution is 2.33. The van der Waals surface area contributed by atoms with Crippen LogP contribution >= 0.6 is 0 Å². The number of pyridine rings is 1. The summed E-state index contributed by atoms with van der Waals surface area (Å²) in [5.74, 6) is -0.357. The molecule has 154 valence electrons. The van der Waals surface area contributed by atoms with Gasteiger partial charge in [0.05, 0.1) is 13.7 Å². The number of aromatic nitrogens is 1. The third kappa shape index (κ3) is 3.76. The maximum Gasteiger partial charge on any atom is 0.259 e. The lowest BCUT2D eigenvalue weighted by Crippen LogP contribution is -2.28. The van der Waals surface area contributed by atoms with E-state index in [1.54, 1.807) is 36.6 Å². The van der Waals surface area contributed by atoms with Gasteiger partial charge in [-0.25, -0.2) is 4.39 Å². The van der Waals surface area contributed by atoms with Gasteiger partial charge < -0.3 is 4.74 Å². The van der Waals surface area contributed by atoms with Crippen LogP contribution in [0.3, 0.4) is 0 Å². The largest absolute Gasteiger partial charge is 0.497 e. The Morgan fingerprint density at radius 3 is 2.74 bits per heavy atom. The number of nitriles is 1. The zero-order valence-electron chi connectivity index (χ0n) is 16.8. The number of carbonyl (C=O) groups is 1. The van der Waals surface area contributed by atoms with Crippen LogP contribution in [0.4, 0.5) is 4.39 Å². The van der Waals surface area contributed by atoms with Gasteiger partial charge in [-0.1, -0.05) is 18.2 Å². The van der Waals surface area contributed by atoms with Crippen molar-refractivity contribution in [3.63, 3.8) is 0 Å². The molecule has 0 amide bonds. The standard InChI is InChI=1S/C24H18FN3O3/c1-31-17-8-9-18-19(12-17)23(15-5-4-6-16(25)11-15)21(13-26)28(24(18)30)14-22(29)20-7-2-3-10-27-20/h4-12H,2-3,14H2,1H3. The molecule has 0 saturated carbocycles. The summed E-state index contributed by atoms with van der Waals surface area (Å²) in [7, 11) is 1.49. The Labute approximate surface area is 177 Å². The molecule has 2 aromatic carbocycles. The van der Waals surface area contributed by atoms with E-state index in [0.717, 1.165) is 11.0 Å². The van der Waals surface area contributed by atoms with E-state index in [-0.39, 0.29) is 23.7 Å². The number of benzene rings is 2. The highest BCUT2D eigenvalue weighted by molar-refractivity contribution is 6.00. The van der Waals surface area contributed by atoms with Crippen LogP contribution in [0.2, 0.25) is 0 Å². The van der Waals surface area contributed by atoms with Crippen molar-refractivity contribution in [1.29, 1.82) is 5.26 Å². The molecule has 1 aliphatic heterocycles. The first kappa shape index (κ1) is 20.2. The van der Waals surface area contributed by atoms with E-state index in [1.165, 1.54) is 25.3 Å². The van der Waals surface area contributed by atoms with Crippen molar-refractivity contribution in [2.75, 3.05) is 7.11 Å². The Morgan fingerprint density at radius 2 is 2.06 bits per heavy atom. The van der Waals surface area contributed by atoms with E-state index < -0.39 is 11.4 Å². The molecular formula is C24H18FN3O3. The average molecular weight is 415 g/mol. The molecule has 1 aliphatic rings. The molecule has 3 aromatic rings. The smallest absolute Gasteiger partial charge is 0.259 e. The van der Waals surface area contributed by atoms with E-state index >= 15 is 0 Å². The molecule has 31 heavy (non-hydrogen) atoms. The van der Waals surface area contributed by atoms with Gasteiger partial charge in [0.2, 0.25) is 5.78 Å². The Hall–Kier alpha value is -4.05. The number of hydrogen-bond donors (Lipinski definition) is 0. The summed E-state index contributed by atoms with van der Waals surface area (Å²) in [4.78, 5) is 30.2. The Kier molecular flexibility index (Phi) is 5.46. The van der Waals surface area contributed by atoms with Crippen LogP contribution in [0, 0.1) is 17.1 Å². The minimum absolute atomic E-state index is 0.0231. The van der Waals surface area contributed by atoms with Gasteiger partial charge in [-0.05, 0) is 48.7 Å². The van der Waals surface area contributed by atoms with Crippen molar-refractivity contribution >= 4 is 22.8 Å². The van der Waals surface area contributed by atoms with Gasteiger partial charge in [-0.3, -0.25) is 19.1 Å². The Bertz CT molecular complexity index is 1360. The SMILES string of the molecule is COc1ccc2c(=O)n(CC(=O)C3=CCCC=N3)c(C#N)c(-c3cccc(F)c3)c2c1. The molecule has 4 rings (SSSR count). The number of hydrogen-bond acceptors (Lipinski definition) is 5. The van der Waals surface area contributed by atoms with Gasteiger partial charge in [0.25, 0.3) is 5.56 Å². The molecule has 0 aliphatic carbocycles. The molecule has 1 aromatic heterocycles. The molecule has 0 N–H and O–H groups in total. The van der Waals surface area contributed by atoms with Gasteiger partial charge in [-0.15, -0.1) is 0 Å². The molecule has 0 radical (unpaired) electrons. The van der Waals surface area contributed by atoms with Gasteiger partial charge in [0.1, 0.15) is 29.0 Å². The fourth-order valence-electron chi connectivity index (χ4n) is 3.68. The zero-order valence-corrected chi connectivity index (χ0v) is 16.8. The molecule has 0 atom stereocenters. The highest BCUT2D eigenvalue weighted by atomic mass is 19.1. The predicted molar refractivity (Wildman–Crippen MR) is 116 cm³/mol. The van der Waals surface area contributed by atoms with E-state index in [9.17, 15) is 19.2 Å². The van der Waals surface area contributed by atoms with Crippen molar-refractivity contribution in [3.8, 4) is 22.9 Å². The van der Waals surface area contributed by atoms with Crippen molar-refractivity contribution < 1.29 is 13.9 Å². The van der Waals surface area contributed by atoms with E-state index in [4.69, 9.17) is 4.74 Å². The first-order valence-corrected chi connectivity index (χ1v) is 9.70. The first-order valence-electron chi connectivity index (χ1n) is 9.70. The van der Waals surface area contributed by atoms with Gasteiger partial charge in [0, 0.05) is 22.6 Å². The number of allylic oxidation sites excluding steroid dienone is 2. The number of Topliss-reactive ketones (excluding diaryl/α,β-unsaturated/α-hetero) is 1. The summed E-state index contributed by atoms with van der Waals surface area (Å²) in [6.45, 7) is -0.338. The fraction of sp³-hybridized carbons (Fsp3) is 0.167. The predicted octanol–water partition coefficient (Wildman–Crippen LogP) is 4.01. The monoisotopic (exact) mass is 415 g/mol. The fourth-order valence-corrected chi connectivity index (χ4v) is 3.68. The molecule has 0 unspecified atom stereocenters. The maximum atomic E-state index is 14.0. The van der Waals surface area contributed by atoms with Crippen LogP contribution < -0.4 is 10.3 Å².